The number of hydrogen-bond donors (Lipinski definition) is 1. The molecule has 24 heavy (non-hydrogen) atoms. The predicted molar refractivity (Wildman–Crippen MR) is 89.2 cm³/mol. The highest BCUT2D eigenvalue weighted by atomic mass is 32.2. The van der Waals surface area contributed by atoms with Gasteiger partial charge in [0.05, 0.1) is 6.26 Å². The molecule has 0 spiro atoms. The van der Waals surface area contributed by atoms with Crippen molar-refractivity contribution in [3.63, 3.8) is 0 Å². The quantitative estimate of drug-likeness (QED) is 0.912. The Bertz CT molecular complexity index is 901. The molecule has 1 saturated carbocycles. The number of amides is 1. The minimum atomic E-state index is -3.38. The second-order valence-corrected chi connectivity index (χ2v) is 8.46. The van der Waals surface area contributed by atoms with Crippen molar-refractivity contribution in [1.29, 1.82) is 0 Å². The fourth-order valence-electron chi connectivity index (χ4n) is 3.15. The number of hydrogen-bond acceptors (Lipinski definition) is 5. The van der Waals surface area contributed by atoms with Crippen LogP contribution in [0.5, 0.6) is 0 Å². The first-order valence-electron chi connectivity index (χ1n) is 8.10. The van der Waals surface area contributed by atoms with Crippen LogP contribution in [0, 0.1) is 0 Å². The molecule has 1 amide bonds. The third kappa shape index (κ3) is 2.91. The van der Waals surface area contributed by atoms with Crippen LogP contribution in [0.4, 0.5) is 5.69 Å². The lowest BCUT2D eigenvalue weighted by Gasteiger charge is -2.21. The summed E-state index contributed by atoms with van der Waals surface area (Å²) in [5.74, 6) is 0.879. The fraction of sp³-hybridized carbons (Fsp3) is 0.500. The number of benzene rings is 1. The van der Waals surface area contributed by atoms with Gasteiger partial charge in [0.15, 0.2) is 11.5 Å². The Hall–Kier alpha value is -1.93. The van der Waals surface area contributed by atoms with Crippen LogP contribution in [0.2, 0.25) is 0 Å². The van der Waals surface area contributed by atoms with Gasteiger partial charge in [-0.05, 0) is 37.8 Å². The lowest BCUT2D eigenvalue weighted by molar-refractivity contribution is -0.119. The molecule has 1 saturated heterocycles. The molecular weight excluding hydrogens is 330 g/mol. The maximum Gasteiger partial charge on any atom is 0.242 e. The van der Waals surface area contributed by atoms with E-state index in [2.05, 4.69) is 10.3 Å². The molecular formula is C16H19N3O4S. The number of oxazole rings is 1. The predicted octanol–water partition coefficient (Wildman–Crippen LogP) is 2.07. The van der Waals surface area contributed by atoms with E-state index in [1.54, 1.807) is 12.1 Å². The molecule has 0 bridgehead atoms. The summed E-state index contributed by atoms with van der Waals surface area (Å²) in [5.41, 5.74) is 2.00. The number of carbonyl (C=O) groups is 1. The topological polar surface area (TPSA) is 92.5 Å². The van der Waals surface area contributed by atoms with Crippen LogP contribution < -0.4 is 5.32 Å². The van der Waals surface area contributed by atoms with E-state index in [1.807, 2.05) is 6.07 Å². The molecule has 1 aliphatic heterocycles. The van der Waals surface area contributed by atoms with E-state index in [-0.39, 0.29) is 5.91 Å². The average Bonchev–Trinajstić information content (AvgIpc) is 3.09. The molecule has 2 heterocycles. The molecule has 2 aliphatic rings. The summed E-state index contributed by atoms with van der Waals surface area (Å²) >= 11 is 0. The average molecular weight is 349 g/mol. The largest absolute Gasteiger partial charge is 0.440 e. The van der Waals surface area contributed by atoms with Gasteiger partial charge >= 0.3 is 0 Å². The van der Waals surface area contributed by atoms with Crippen LogP contribution in [0.25, 0.3) is 11.1 Å². The highest BCUT2D eigenvalue weighted by molar-refractivity contribution is 7.88. The minimum absolute atomic E-state index is 0.306. The highest BCUT2D eigenvalue weighted by Crippen LogP contribution is 2.40. The first-order chi connectivity index (χ1) is 11.4. The van der Waals surface area contributed by atoms with Crippen molar-refractivity contribution in [2.75, 3.05) is 18.1 Å². The van der Waals surface area contributed by atoms with Crippen LogP contribution in [0.1, 0.15) is 37.5 Å². The zero-order chi connectivity index (χ0) is 16.9. The molecule has 1 N–H and O–H groups in total. The molecule has 7 nitrogen and oxygen atoms in total. The van der Waals surface area contributed by atoms with E-state index < -0.39 is 16.1 Å². The van der Waals surface area contributed by atoms with Gasteiger partial charge in [0.25, 0.3) is 0 Å². The van der Waals surface area contributed by atoms with Crippen molar-refractivity contribution in [3.8, 4) is 0 Å². The molecule has 2 fully saturated rings. The summed E-state index contributed by atoms with van der Waals surface area (Å²) in [7, 11) is -3.38. The zero-order valence-corrected chi connectivity index (χ0v) is 14.2. The number of aromatic nitrogens is 1. The Balaban J connectivity index is 1.53. The van der Waals surface area contributed by atoms with E-state index in [9.17, 15) is 13.2 Å². The molecule has 0 radical (unpaired) electrons. The van der Waals surface area contributed by atoms with Crippen LogP contribution in [0.15, 0.2) is 22.6 Å². The summed E-state index contributed by atoms with van der Waals surface area (Å²) in [6.45, 7) is 0.392. The maximum absolute atomic E-state index is 12.5. The third-order valence-electron chi connectivity index (χ3n) is 4.53. The van der Waals surface area contributed by atoms with Crippen molar-refractivity contribution >= 4 is 32.7 Å². The Morgan fingerprint density at radius 1 is 1.33 bits per heavy atom. The van der Waals surface area contributed by atoms with Crippen LogP contribution in [-0.2, 0) is 14.8 Å². The molecule has 2 aromatic rings. The van der Waals surface area contributed by atoms with E-state index in [0.29, 0.717) is 36.6 Å². The number of fused-ring (bicyclic) bond motifs is 1. The monoisotopic (exact) mass is 349 g/mol. The minimum Gasteiger partial charge on any atom is -0.440 e. The molecule has 1 unspecified atom stereocenters. The number of sulfonamides is 1. The van der Waals surface area contributed by atoms with E-state index >= 15 is 0 Å². The standard InChI is InChI=1S/C16H19N3O4S/c1-24(21,22)19-8-2-3-13(19)15(20)17-11-6-7-12-14(9-11)23-16(18-12)10-4-5-10/h6-7,9-10,13H,2-5,8H2,1H3,(H,17,20). The van der Waals surface area contributed by atoms with Gasteiger partial charge < -0.3 is 9.73 Å². The number of nitrogens with zero attached hydrogens (tertiary/aromatic N) is 2. The van der Waals surface area contributed by atoms with Crippen LogP contribution in [0.3, 0.4) is 0 Å². The number of anilines is 1. The summed E-state index contributed by atoms with van der Waals surface area (Å²) in [4.78, 5) is 16.9. The molecule has 128 valence electrons. The summed E-state index contributed by atoms with van der Waals surface area (Å²) in [6.07, 6.45) is 4.59. The van der Waals surface area contributed by atoms with Gasteiger partial charge in [0.1, 0.15) is 11.6 Å². The lowest BCUT2D eigenvalue weighted by Crippen LogP contribution is -2.42. The summed E-state index contributed by atoms with van der Waals surface area (Å²) in [5, 5.41) is 2.80. The molecule has 1 aromatic carbocycles. The Morgan fingerprint density at radius 2 is 2.12 bits per heavy atom. The SMILES string of the molecule is CS(=O)(=O)N1CCCC1C(=O)Nc1ccc2nc(C3CC3)oc2c1. The Kier molecular flexibility index (Phi) is 3.61. The van der Waals surface area contributed by atoms with Crippen molar-refractivity contribution in [1.82, 2.24) is 9.29 Å². The fourth-order valence-corrected chi connectivity index (χ4v) is 4.27. The van der Waals surface area contributed by atoms with E-state index in [0.717, 1.165) is 30.5 Å². The Labute approximate surface area is 140 Å². The number of carbonyl (C=O) groups excluding carboxylic acids is 1. The van der Waals surface area contributed by atoms with Gasteiger partial charge in [0.2, 0.25) is 15.9 Å². The lowest BCUT2D eigenvalue weighted by atomic mass is 10.2. The third-order valence-corrected chi connectivity index (χ3v) is 5.82. The number of nitrogens with one attached hydrogen (secondary N) is 1. The van der Waals surface area contributed by atoms with Gasteiger partial charge in [-0.3, -0.25) is 4.79 Å². The second-order valence-electron chi connectivity index (χ2n) is 6.53. The highest BCUT2D eigenvalue weighted by Gasteiger charge is 2.36. The van der Waals surface area contributed by atoms with Gasteiger partial charge in [-0.25, -0.2) is 13.4 Å². The molecule has 8 heteroatoms. The number of rotatable bonds is 4. The Morgan fingerprint density at radius 3 is 2.83 bits per heavy atom. The van der Waals surface area contributed by atoms with Gasteiger partial charge in [-0.15, -0.1) is 0 Å². The van der Waals surface area contributed by atoms with E-state index in [4.69, 9.17) is 4.42 Å². The molecule has 1 aromatic heterocycles. The van der Waals surface area contributed by atoms with Crippen LogP contribution >= 0.6 is 0 Å². The molecule has 4 rings (SSSR count). The van der Waals surface area contributed by atoms with Gasteiger partial charge in [0, 0.05) is 24.2 Å². The smallest absolute Gasteiger partial charge is 0.242 e. The van der Waals surface area contributed by atoms with Crippen molar-refractivity contribution in [2.45, 2.75) is 37.6 Å². The van der Waals surface area contributed by atoms with Crippen LogP contribution in [-0.4, -0.2) is 42.5 Å². The van der Waals surface area contributed by atoms with Crippen molar-refractivity contribution < 1.29 is 17.6 Å². The summed E-state index contributed by atoms with van der Waals surface area (Å²) in [6, 6.07) is 4.67. The van der Waals surface area contributed by atoms with E-state index in [1.165, 1.54) is 4.31 Å². The van der Waals surface area contributed by atoms with Gasteiger partial charge in [-0.2, -0.15) is 4.31 Å². The molecule has 1 aliphatic carbocycles. The maximum atomic E-state index is 12.5. The van der Waals surface area contributed by atoms with Crippen molar-refractivity contribution in [2.24, 2.45) is 0 Å². The zero-order valence-electron chi connectivity index (χ0n) is 13.4. The second kappa shape index (κ2) is 5.56. The first kappa shape index (κ1) is 15.6. The molecule has 1 atom stereocenters. The van der Waals surface area contributed by atoms with Gasteiger partial charge in [-0.1, -0.05) is 0 Å². The first-order valence-corrected chi connectivity index (χ1v) is 9.95. The normalized spacial score (nSPS) is 22.1. The summed E-state index contributed by atoms with van der Waals surface area (Å²) < 4.78 is 30.6. The van der Waals surface area contributed by atoms with Crippen molar-refractivity contribution in [3.05, 3.63) is 24.1 Å².